The molecule has 0 spiro atoms. The molecule has 6 nitrogen and oxygen atoms in total. The van der Waals surface area contributed by atoms with Crippen LogP contribution in [0, 0.1) is 0 Å². The summed E-state index contributed by atoms with van der Waals surface area (Å²) in [4.78, 5) is 36.1. The molecule has 1 aliphatic rings. The number of carbonyl (C=O) groups is 3. The minimum Gasteiger partial charge on any atom is -0.298 e. The van der Waals surface area contributed by atoms with Crippen LogP contribution in [0.4, 0.5) is 0 Å². The van der Waals surface area contributed by atoms with Gasteiger partial charge >= 0.3 is 0 Å². The van der Waals surface area contributed by atoms with Crippen molar-refractivity contribution in [2.45, 2.75) is 13.5 Å². The number of rotatable bonds is 2. The molecule has 0 saturated carbocycles. The van der Waals surface area contributed by atoms with Crippen molar-refractivity contribution in [3.05, 3.63) is 35.5 Å². The van der Waals surface area contributed by atoms with Crippen molar-refractivity contribution in [2.75, 3.05) is 0 Å². The van der Waals surface area contributed by atoms with Crippen LogP contribution in [0.15, 0.2) is 24.3 Å². The highest BCUT2D eigenvalue weighted by molar-refractivity contribution is 6.52. The van der Waals surface area contributed by atoms with Crippen molar-refractivity contribution in [1.82, 2.24) is 15.0 Å². The number of benzene rings is 1. The minimum atomic E-state index is -0.677. The van der Waals surface area contributed by atoms with Crippen molar-refractivity contribution in [3.63, 3.8) is 0 Å². The van der Waals surface area contributed by atoms with Gasteiger partial charge in [-0.1, -0.05) is 24.3 Å². The molecule has 0 aliphatic heterocycles. The summed E-state index contributed by atoms with van der Waals surface area (Å²) in [6, 6.07) is 6.75. The van der Waals surface area contributed by atoms with Crippen LogP contribution in [-0.4, -0.2) is 32.3 Å². The Hall–Kier alpha value is -2.63. The van der Waals surface area contributed by atoms with Crippen molar-refractivity contribution in [3.8, 4) is 11.3 Å². The maximum absolute atomic E-state index is 11.9. The number of nitrogens with zero attached hydrogens (tertiary/aromatic N) is 3. The quantitative estimate of drug-likeness (QED) is 0.745. The van der Waals surface area contributed by atoms with Crippen LogP contribution in [0.3, 0.4) is 0 Å². The first kappa shape index (κ1) is 11.5. The normalized spacial score (nSPS) is 13.1. The molecular formula is C13H9N3O3. The van der Waals surface area contributed by atoms with Gasteiger partial charge in [0.1, 0.15) is 12.2 Å². The van der Waals surface area contributed by atoms with E-state index in [0.717, 1.165) is 4.80 Å². The van der Waals surface area contributed by atoms with Gasteiger partial charge in [0, 0.05) is 11.1 Å². The third-order valence-corrected chi connectivity index (χ3v) is 2.87. The van der Waals surface area contributed by atoms with E-state index >= 15 is 0 Å². The van der Waals surface area contributed by atoms with E-state index in [9.17, 15) is 14.4 Å². The Kier molecular flexibility index (Phi) is 2.38. The minimum absolute atomic E-state index is 0.0172. The lowest BCUT2D eigenvalue weighted by atomic mass is 9.90. The molecule has 94 valence electrons. The van der Waals surface area contributed by atoms with Gasteiger partial charge in [-0.25, -0.2) is 0 Å². The van der Waals surface area contributed by atoms with Gasteiger partial charge in [0.15, 0.2) is 11.5 Å². The Morgan fingerprint density at radius 1 is 1.05 bits per heavy atom. The fourth-order valence-electron chi connectivity index (χ4n) is 2.07. The average Bonchev–Trinajstić information content (AvgIpc) is 2.79. The lowest BCUT2D eigenvalue weighted by molar-refractivity contribution is -0.117. The number of carbonyl (C=O) groups excluding carboxylic acids is 3. The van der Waals surface area contributed by atoms with Gasteiger partial charge in [-0.2, -0.15) is 9.90 Å². The summed E-state index contributed by atoms with van der Waals surface area (Å²) >= 11 is 0. The predicted molar refractivity (Wildman–Crippen MR) is 64.8 cm³/mol. The highest BCUT2D eigenvalue weighted by atomic mass is 16.2. The van der Waals surface area contributed by atoms with E-state index in [2.05, 4.69) is 10.2 Å². The first-order valence-electron chi connectivity index (χ1n) is 5.71. The summed E-state index contributed by atoms with van der Waals surface area (Å²) in [7, 11) is 0. The molecule has 2 aromatic rings. The number of ketones is 3. The van der Waals surface area contributed by atoms with E-state index in [1.807, 2.05) is 0 Å². The Morgan fingerprint density at radius 3 is 2.37 bits per heavy atom. The molecule has 6 heteroatoms. The second-order valence-corrected chi connectivity index (χ2v) is 4.33. The van der Waals surface area contributed by atoms with Crippen molar-refractivity contribution in [2.24, 2.45) is 0 Å². The van der Waals surface area contributed by atoms with Crippen molar-refractivity contribution < 1.29 is 14.4 Å². The van der Waals surface area contributed by atoms with Crippen LogP contribution >= 0.6 is 0 Å². The van der Waals surface area contributed by atoms with Crippen LogP contribution < -0.4 is 0 Å². The van der Waals surface area contributed by atoms with Gasteiger partial charge in [0.05, 0.1) is 0 Å². The molecule has 0 unspecified atom stereocenters. The van der Waals surface area contributed by atoms with Gasteiger partial charge < -0.3 is 0 Å². The topological polar surface area (TPSA) is 81.9 Å². The standard InChI is InChI=1S/C13H9N3O3/c1-7(17)6-16-14-10-8-4-2-3-5-9(8)12(18)13(19)11(10)15-16/h2-5H,6H2,1H3. The molecule has 1 aromatic carbocycles. The fourth-order valence-corrected chi connectivity index (χ4v) is 2.07. The molecule has 1 aromatic heterocycles. The zero-order valence-corrected chi connectivity index (χ0v) is 10.1. The SMILES string of the molecule is CC(=O)Cn1nc2c(n1)-c1ccccc1C(=O)C2=O. The summed E-state index contributed by atoms with van der Waals surface area (Å²) in [5.74, 6) is -1.39. The van der Waals surface area contributed by atoms with Gasteiger partial charge in [-0.05, 0) is 6.92 Å². The summed E-state index contributed by atoms with van der Waals surface area (Å²) < 4.78 is 0. The molecular weight excluding hydrogens is 246 g/mol. The zero-order chi connectivity index (χ0) is 13.6. The lowest BCUT2D eigenvalue weighted by Crippen LogP contribution is -2.21. The lowest BCUT2D eigenvalue weighted by Gasteiger charge is -2.10. The maximum Gasteiger partial charge on any atom is 0.256 e. The maximum atomic E-state index is 11.9. The number of fused-ring (bicyclic) bond motifs is 3. The monoisotopic (exact) mass is 255 g/mol. The zero-order valence-electron chi connectivity index (χ0n) is 10.1. The molecule has 0 N–H and O–H groups in total. The molecule has 0 saturated heterocycles. The van der Waals surface area contributed by atoms with E-state index in [0.29, 0.717) is 16.8 Å². The third-order valence-electron chi connectivity index (χ3n) is 2.87. The fraction of sp³-hybridized carbons (Fsp3) is 0.154. The van der Waals surface area contributed by atoms with Crippen LogP contribution in [0.2, 0.25) is 0 Å². The van der Waals surface area contributed by atoms with E-state index < -0.39 is 11.6 Å². The van der Waals surface area contributed by atoms with Gasteiger partial charge in [0.25, 0.3) is 5.78 Å². The first-order valence-corrected chi connectivity index (χ1v) is 5.71. The Balaban J connectivity index is 2.21. The Bertz CT molecular complexity index is 730. The number of Topliss-reactive ketones (excluding diaryl/α,β-unsaturated/α-hetero) is 3. The Labute approximate surface area is 108 Å². The molecule has 0 radical (unpaired) electrons. The second-order valence-electron chi connectivity index (χ2n) is 4.33. The summed E-state index contributed by atoms with van der Waals surface area (Å²) in [5.41, 5.74) is 1.29. The molecule has 0 fully saturated rings. The van der Waals surface area contributed by atoms with Crippen molar-refractivity contribution in [1.29, 1.82) is 0 Å². The van der Waals surface area contributed by atoms with Crippen molar-refractivity contribution >= 4 is 17.3 Å². The van der Waals surface area contributed by atoms with Gasteiger partial charge in [-0.15, -0.1) is 5.10 Å². The van der Waals surface area contributed by atoms with Crippen LogP contribution in [-0.2, 0) is 11.3 Å². The first-order chi connectivity index (χ1) is 9.08. The average molecular weight is 255 g/mol. The summed E-state index contributed by atoms with van der Waals surface area (Å²) in [6.07, 6.45) is 0. The van der Waals surface area contributed by atoms with Crippen LogP contribution in [0.5, 0.6) is 0 Å². The second kappa shape index (κ2) is 3.94. The van der Waals surface area contributed by atoms with E-state index in [4.69, 9.17) is 0 Å². The Morgan fingerprint density at radius 2 is 1.68 bits per heavy atom. The number of aromatic nitrogens is 3. The third kappa shape index (κ3) is 1.69. The van der Waals surface area contributed by atoms with E-state index in [-0.39, 0.29) is 18.0 Å². The molecule has 19 heavy (non-hydrogen) atoms. The summed E-state index contributed by atoms with van der Waals surface area (Å²) in [5, 5.41) is 8.06. The molecule has 1 heterocycles. The highest BCUT2D eigenvalue weighted by Crippen LogP contribution is 2.30. The smallest absolute Gasteiger partial charge is 0.256 e. The molecule has 0 bridgehead atoms. The van der Waals surface area contributed by atoms with Gasteiger partial charge in [-0.3, -0.25) is 14.4 Å². The molecule has 0 atom stereocenters. The van der Waals surface area contributed by atoms with Crippen LogP contribution in [0.1, 0.15) is 27.8 Å². The van der Waals surface area contributed by atoms with Crippen LogP contribution in [0.25, 0.3) is 11.3 Å². The van der Waals surface area contributed by atoms with Gasteiger partial charge in [0.2, 0.25) is 5.78 Å². The summed E-state index contributed by atoms with van der Waals surface area (Å²) in [6.45, 7) is 1.39. The number of hydrogen-bond acceptors (Lipinski definition) is 5. The largest absolute Gasteiger partial charge is 0.298 e. The van der Waals surface area contributed by atoms with E-state index in [1.165, 1.54) is 6.92 Å². The molecule has 3 rings (SSSR count). The highest BCUT2D eigenvalue weighted by Gasteiger charge is 2.34. The molecule has 1 aliphatic carbocycles. The number of hydrogen-bond donors (Lipinski definition) is 0. The van der Waals surface area contributed by atoms with E-state index in [1.54, 1.807) is 24.3 Å². The molecule has 0 amide bonds. The predicted octanol–water partition coefficient (Wildman–Crippen LogP) is 0.913.